The molecule has 1 amide bonds. The number of ether oxygens (including phenoxy) is 2. The molecule has 0 saturated carbocycles. The monoisotopic (exact) mass is 266 g/mol. The van der Waals surface area contributed by atoms with Crippen molar-refractivity contribution in [3.05, 3.63) is 23.3 Å². The van der Waals surface area contributed by atoms with E-state index in [0.29, 0.717) is 12.8 Å². The molecule has 0 unspecified atom stereocenters. The molecule has 0 radical (unpaired) electrons. The van der Waals surface area contributed by atoms with E-state index in [9.17, 15) is 4.79 Å². The van der Waals surface area contributed by atoms with E-state index < -0.39 is 0 Å². The van der Waals surface area contributed by atoms with E-state index in [0.717, 1.165) is 22.6 Å². The molecule has 5 nitrogen and oxygen atoms in total. The fourth-order valence-corrected chi connectivity index (χ4v) is 1.99. The van der Waals surface area contributed by atoms with Gasteiger partial charge in [0.25, 0.3) is 0 Å². The minimum Gasteiger partial charge on any atom is -0.496 e. The highest BCUT2D eigenvalue weighted by molar-refractivity contribution is 5.75. The number of nitrogens with zero attached hydrogens (tertiary/aromatic N) is 1. The Bertz CT molecular complexity index is 445. The molecule has 1 aromatic carbocycles. The van der Waals surface area contributed by atoms with Crippen LogP contribution in [-0.2, 0) is 11.2 Å². The summed E-state index contributed by atoms with van der Waals surface area (Å²) in [5.41, 5.74) is 4.68. The second kappa shape index (κ2) is 6.99. The maximum atomic E-state index is 11.6. The van der Waals surface area contributed by atoms with Crippen molar-refractivity contribution in [3.8, 4) is 11.5 Å². The van der Waals surface area contributed by atoms with E-state index in [1.807, 2.05) is 19.1 Å². The van der Waals surface area contributed by atoms with E-state index in [1.165, 1.54) is 0 Å². The molecular weight excluding hydrogens is 244 g/mol. The Kier molecular flexibility index (Phi) is 5.63. The molecule has 0 saturated heterocycles. The van der Waals surface area contributed by atoms with Crippen molar-refractivity contribution in [2.75, 3.05) is 28.3 Å². The standard InChI is InChI=1S/C14H22N2O3/c1-10-12(18-4)8-6-11(14(10)19-5)7-9-13(17)15-16(2)3/h6,8H,7,9H2,1-5H3,(H,15,17). The van der Waals surface area contributed by atoms with E-state index in [1.54, 1.807) is 33.3 Å². The quantitative estimate of drug-likeness (QED) is 0.794. The van der Waals surface area contributed by atoms with Crippen molar-refractivity contribution in [2.24, 2.45) is 0 Å². The number of methoxy groups -OCH3 is 2. The van der Waals surface area contributed by atoms with Crippen LogP contribution in [0.5, 0.6) is 11.5 Å². The SMILES string of the molecule is COc1ccc(CCC(=O)NN(C)C)c(OC)c1C. The zero-order chi connectivity index (χ0) is 14.4. The summed E-state index contributed by atoms with van der Waals surface area (Å²) in [7, 11) is 6.84. The Labute approximate surface area is 114 Å². The molecule has 0 fully saturated rings. The predicted octanol–water partition coefficient (Wildman–Crippen LogP) is 1.54. The van der Waals surface area contributed by atoms with Crippen LogP contribution < -0.4 is 14.9 Å². The Balaban J connectivity index is 2.79. The number of hydrogen-bond donors (Lipinski definition) is 1. The van der Waals surface area contributed by atoms with Gasteiger partial charge in [-0.1, -0.05) is 6.07 Å². The molecule has 0 aliphatic heterocycles. The van der Waals surface area contributed by atoms with Gasteiger partial charge in [0, 0.05) is 26.1 Å². The topological polar surface area (TPSA) is 50.8 Å². The summed E-state index contributed by atoms with van der Waals surface area (Å²) < 4.78 is 10.7. The molecule has 1 N–H and O–H groups in total. The minimum atomic E-state index is -0.0134. The first-order chi connectivity index (χ1) is 8.99. The normalized spacial score (nSPS) is 10.4. The van der Waals surface area contributed by atoms with E-state index in [-0.39, 0.29) is 5.91 Å². The van der Waals surface area contributed by atoms with Gasteiger partial charge in [0.15, 0.2) is 0 Å². The number of carbonyl (C=O) groups is 1. The molecule has 5 heteroatoms. The van der Waals surface area contributed by atoms with Gasteiger partial charge in [0.05, 0.1) is 14.2 Å². The Morgan fingerprint density at radius 2 is 1.95 bits per heavy atom. The van der Waals surface area contributed by atoms with E-state index in [4.69, 9.17) is 9.47 Å². The van der Waals surface area contributed by atoms with Crippen LogP contribution in [-0.4, -0.2) is 39.2 Å². The summed E-state index contributed by atoms with van der Waals surface area (Å²) in [5, 5.41) is 1.64. The lowest BCUT2D eigenvalue weighted by Crippen LogP contribution is -2.36. The van der Waals surface area contributed by atoms with Gasteiger partial charge in [0.1, 0.15) is 11.5 Å². The van der Waals surface area contributed by atoms with E-state index >= 15 is 0 Å². The maximum absolute atomic E-state index is 11.6. The molecule has 0 aromatic heterocycles. The Morgan fingerprint density at radius 1 is 1.26 bits per heavy atom. The average Bonchev–Trinajstić information content (AvgIpc) is 2.35. The highest BCUT2D eigenvalue weighted by Crippen LogP contribution is 2.31. The van der Waals surface area contributed by atoms with Crippen molar-refractivity contribution >= 4 is 5.91 Å². The molecule has 1 rings (SSSR count). The Hall–Kier alpha value is -1.75. The average molecular weight is 266 g/mol. The first kappa shape index (κ1) is 15.3. The number of amides is 1. The molecule has 0 aliphatic rings. The van der Waals surface area contributed by atoms with Crippen molar-refractivity contribution in [1.82, 2.24) is 10.4 Å². The second-order valence-corrected chi connectivity index (χ2v) is 4.51. The smallest absolute Gasteiger partial charge is 0.234 e. The van der Waals surface area contributed by atoms with Crippen LogP contribution in [0.2, 0.25) is 0 Å². The van der Waals surface area contributed by atoms with Gasteiger partial charge < -0.3 is 9.47 Å². The van der Waals surface area contributed by atoms with Crippen LogP contribution in [0.25, 0.3) is 0 Å². The zero-order valence-corrected chi connectivity index (χ0v) is 12.2. The zero-order valence-electron chi connectivity index (χ0n) is 12.2. The molecule has 0 aliphatic carbocycles. The van der Waals surface area contributed by atoms with E-state index in [2.05, 4.69) is 5.43 Å². The largest absolute Gasteiger partial charge is 0.496 e. The third kappa shape index (κ3) is 4.13. The van der Waals surface area contributed by atoms with Crippen molar-refractivity contribution < 1.29 is 14.3 Å². The molecule has 1 aromatic rings. The third-order valence-corrected chi connectivity index (χ3v) is 2.83. The number of nitrogens with one attached hydrogen (secondary N) is 1. The van der Waals surface area contributed by atoms with Crippen LogP contribution >= 0.6 is 0 Å². The first-order valence-corrected chi connectivity index (χ1v) is 6.16. The number of hydrogen-bond acceptors (Lipinski definition) is 4. The summed E-state index contributed by atoms with van der Waals surface area (Å²) in [6, 6.07) is 3.84. The van der Waals surface area contributed by atoms with Crippen molar-refractivity contribution in [2.45, 2.75) is 19.8 Å². The minimum absolute atomic E-state index is 0.0134. The summed E-state index contributed by atoms with van der Waals surface area (Å²) >= 11 is 0. The van der Waals surface area contributed by atoms with Crippen LogP contribution in [0.15, 0.2) is 12.1 Å². The summed E-state index contributed by atoms with van der Waals surface area (Å²) in [5.74, 6) is 1.57. The number of rotatable bonds is 6. The second-order valence-electron chi connectivity index (χ2n) is 4.51. The van der Waals surface area contributed by atoms with Crippen LogP contribution in [0, 0.1) is 6.92 Å². The van der Waals surface area contributed by atoms with Gasteiger partial charge in [-0.15, -0.1) is 0 Å². The van der Waals surface area contributed by atoms with Gasteiger partial charge in [-0.25, -0.2) is 5.01 Å². The van der Waals surface area contributed by atoms with Gasteiger partial charge in [-0.3, -0.25) is 10.2 Å². The Morgan fingerprint density at radius 3 is 2.47 bits per heavy atom. The molecule has 0 atom stereocenters. The predicted molar refractivity (Wildman–Crippen MR) is 74.4 cm³/mol. The number of carbonyl (C=O) groups excluding carboxylic acids is 1. The number of aryl methyl sites for hydroxylation is 1. The fourth-order valence-electron chi connectivity index (χ4n) is 1.99. The summed E-state index contributed by atoms with van der Waals surface area (Å²) in [4.78, 5) is 11.6. The number of hydrazine groups is 1. The fraction of sp³-hybridized carbons (Fsp3) is 0.500. The molecule has 106 valence electrons. The van der Waals surface area contributed by atoms with Gasteiger partial charge in [-0.05, 0) is 25.0 Å². The molecule has 0 spiro atoms. The highest BCUT2D eigenvalue weighted by Gasteiger charge is 2.12. The lowest BCUT2D eigenvalue weighted by molar-refractivity contribution is -0.124. The highest BCUT2D eigenvalue weighted by atomic mass is 16.5. The van der Waals surface area contributed by atoms with Crippen LogP contribution in [0.3, 0.4) is 0 Å². The van der Waals surface area contributed by atoms with Gasteiger partial charge in [0.2, 0.25) is 5.91 Å². The molecule has 0 heterocycles. The van der Waals surface area contributed by atoms with Gasteiger partial charge in [-0.2, -0.15) is 0 Å². The lowest BCUT2D eigenvalue weighted by atomic mass is 10.0. The van der Waals surface area contributed by atoms with Gasteiger partial charge >= 0.3 is 0 Å². The molecule has 19 heavy (non-hydrogen) atoms. The summed E-state index contributed by atoms with van der Waals surface area (Å²) in [6.45, 7) is 1.95. The maximum Gasteiger partial charge on any atom is 0.234 e. The number of benzene rings is 1. The van der Waals surface area contributed by atoms with Crippen molar-refractivity contribution in [3.63, 3.8) is 0 Å². The van der Waals surface area contributed by atoms with Crippen molar-refractivity contribution in [1.29, 1.82) is 0 Å². The van der Waals surface area contributed by atoms with Crippen LogP contribution in [0.4, 0.5) is 0 Å². The molecule has 0 bridgehead atoms. The first-order valence-electron chi connectivity index (χ1n) is 6.16. The summed E-state index contributed by atoms with van der Waals surface area (Å²) in [6.07, 6.45) is 1.05. The third-order valence-electron chi connectivity index (χ3n) is 2.83. The van der Waals surface area contributed by atoms with Crippen LogP contribution in [0.1, 0.15) is 17.5 Å². The lowest BCUT2D eigenvalue weighted by Gasteiger charge is -2.15. The molecular formula is C14H22N2O3.